The fourth-order valence-corrected chi connectivity index (χ4v) is 4.88. The van der Waals surface area contributed by atoms with E-state index in [1.54, 1.807) is 31.3 Å². The van der Waals surface area contributed by atoms with Gasteiger partial charge in [-0.1, -0.05) is 59.3 Å². The molecule has 1 heterocycles. The number of nitrogens with zero attached hydrogens (tertiary/aromatic N) is 1. The third-order valence-corrected chi connectivity index (χ3v) is 6.87. The molecule has 1 aliphatic heterocycles. The van der Waals surface area contributed by atoms with Crippen LogP contribution >= 0.6 is 47.2 Å². The third-order valence-electron chi connectivity index (χ3n) is 4.55. The lowest BCUT2D eigenvalue weighted by Gasteiger charge is -2.15. The summed E-state index contributed by atoms with van der Waals surface area (Å²) >= 11 is 18.8. The molecule has 2 aromatic rings. The summed E-state index contributed by atoms with van der Waals surface area (Å²) in [5.74, 6) is 1.22. The molecule has 0 aliphatic carbocycles. The summed E-state index contributed by atoms with van der Waals surface area (Å²) in [5.41, 5.74) is 1.86. The normalized spacial score (nSPS) is 16.3. The number of hydrogen-bond donors (Lipinski definition) is 0. The predicted octanol–water partition coefficient (Wildman–Crippen LogP) is 5.00. The standard InChI is InChI=1S/C21H21Cl2NO4S2/c1-26-8-7-24-20(25)19(30-21(24)29)11-13-4-6-17(18(10-13)27-2)28-12-14-3-5-15(22)16(23)9-14/h3-6,9-10,19H,7-8,11-12H2,1-2H3/t19-/m1/s1. The highest BCUT2D eigenvalue weighted by Crippen LogP contribution is 2.34. The molecule has 0 bridgehead atoms. The van der Waals surface area contributed by atoms with Gasteiger partial charge in [-0.25, -0.2) is 0 Å². The second-order valence-electron chi connectivity index (χ2n) is 6.58. The molecule has 2 aromatic carbocycles. The first kappa shape index (κ1) is 23.2. The van der Waals surface area contributed by atoms with Crippen LogP contribution in [-0.4, -0.2) is 47.7 Å². The number of benzene rings is 2. The van der Waals surface area contributed by atoms with Crippen molar-refractivity contribution in [3.05, 3.63) is 57.6 Å². The van der Waals surface area contributed by atoms with Gasteiger partial charge in [0.1, 0.15) is 10.9 Å². The fraction of sp³-hybridized carbons (Fsp3) is 0.333. The summed E-state index contributed by atoms with van der Waals surface area (Å²) in [6.07, 6.45) is 0.552. The van der Waals surface area contributed by atoms with Gasteiger partial charge in [0.25, 0.3) is 0 Å². The maximum absolute atomic E-state index is 12.6. The monoisotopic (exact) mass is 485 g/mol. The van der Waals surface area contributed by atoms with Gasteiger partial charge >= 0.3 is 0 Å². The first-order valence-electron chi connectivity index (χ1n) is 9.17. The maximum Gasteiger partial charge on any atom is 0.242 e. The lowest BCUT2D eigenvalue weighted by molar-refractivity contribution is -0.126. The minimum Gasteiger partial charge on any atom is -0.493 e. The van der Waals surface area contributed by atoms with Crippen LogP contribution in [0.3, 0.4) is 0 Å². The van der Waals surface area contributed by atoms with Crippen molar-refractivity contribution in [2.24, 2.45) is 0 Å². The zero-order valence-electron chi connectivity index (χ0n) is 16.5. The quantitative estimate of drug-likeness (QED) is 0.465. The molecule has 0 aromatic heterocycles. The summed E-state index contributed by atoms with van der Waals surface area (Å²) < 4.78 is 17.0. The summed E-state index contributed by atoms with van der Waals surface area (Å²) in [6.45, 7) is 1.26. The van der Waals surface area contributed by atoms with Crippen LogP contribution in [-0.2, 0) is 22.6 Å². The number of halogens is 2. The van der Waals surface area contributed by atoms with Gasteiger partial charge < -0.3 is 14.2 Å². The van der Waals surface area contributed by atoms with E-state index in [2.05, 4.69) is 0 Å². The molecule has 0 saturated carbocycles. The molecule has 160 valence electrons. The molecule has 3 rings (SSSR count). The first-order chi connectivity index (χ1) is 14.4. The molecule has 1 fully saturated rings. The maximum atomic E-state index is 12.6. The second-order valence-corrected chi connectivity index (χ2v) is 9.23. The molecule has 0 N–H and O–H groups in total. The average molecular weight is 486 g/mol. The molecule has 1 saturated heterocycles. The van der Waals surface area contributed by atoms with Gasteiger partial charge in [0.2, 0.25) is 5.91 Å². The van der Waals surface area contributed by atoms with Gasteiger partial charge in [-0.05, 0) is 41.8 Å². The van der Waals surface area contributed by atoms with Crippen LogP contribution < -0.4 is 9.47 Å². The van der Waals surface area contributed by atoms with Crippen molar-refractivity contribution < 1.29 is 19.0 Å². The average Bonchev–Trinajstić information content (AvgIpc) is 3.00. The van der Waals surface area contributed by atoms with E-state index in [1.807, 2.05) is 24.3 Å². The Morgan fingerprint density at radius 2 is 1.83 bits per heavy atom. The molecule has 30 heavy (non-hydrogen) atoms. The molecule has 1 aliphatic rings. The number of carbonyl (C=O) groups excluding carboxylic acids is 1. The van der Waals surface area contributed by atoms with E-state index < -0.39 is 0 Å². The van der Waals surface area contributed by atoms with Crippen molar-refractivity contribution in [3.63, 3.8) is 0 Å². The lowest BCUT2D eigenvalue weighted by atomic mass is 10.1. The largest absolute Gasteiger partial charge is 0.493 e. The number of thioether (sulfide) groups is 1. The smallest absolute Gasteiger partial charge is 0.242 e. The summed E-state index contributed by atoms with van der Waals surface area (Å²) in [7, 11) is 3.19. The van der Waals surface area contributed by atoms with Crippen LogP contribution in [0.4, 0.5) is 0 Å². The molecular formula is C21H21Cl2NO4S2. The molecule has 9 heteroatoms. The molecule has 0 radical (unpaired) electrons. The van der Waals surface area contributed by atoms with Crippen LogP contribution in [0.1, 0.15) is 11.1 Å². The van der Waals surface area contributed by atoms with Crippen LogP contribution in [0.2, 0.25) is 10.0 Å². The van der Waals surface area contributed by atoms with E-state index in [4.69, 9.17) is 49.6 Å². The van der Waals surface area contributed by atoms with Crippen molar-refractivity contribution >= 4 is 57.4 Å². The van der Waals surface area contributed by atoms with Crippen LogP contribution in [0.5, 0.6) is 11.5 Å². The number of ether oxygens (including phenoxy) is 3. The zero-order chi connectivity index (χ0) is 21.7. The van der Waals surface area contributed by atoms with Gasteiger partial charge in [0, 0.05) is 7.11 Å². The van der Waals surface area contributed by atoms with Gasteiger partial charge in [-0.15, -0.1) is 0 Å². The predicted molar refractivity (Wildman–Crippen MR) is 125 cm³/mol. The minimum absolute atomic E-state index is 0.0148. The van der Waals surface area contributed by atoms with Gasteiger partial charge in [0.05, 0.1) is 35.6 Å². The van der Waals surface area contributed by atoms with Crippen LogP contribution in [0.15, 0.2) is 36.4 Å². The summed E-state index contributed by atoms with van der Waals surface area (Å²) in [5, 5.41) is 0.736. The van der Waals surface area contributed by atoms with Crippen LogP contribution in [0, 0.1) is 0 Å². The molecule has 0 spiro atoms. The molecule has 0 unspecified atom stereocenters. The summed E-state index contributed by atoms with van der Waals surface area (Å²) in [4.78, 5) is 14.3. The number of hydrogen-bond acceptors (Lipinski definition) is 6. The Labute approximate surface area is 195 Å². The van der Waals surface area contributed by atoms with Gasteiger partial charge in [-0.2, -0.15) is 0 Å². The molecule has 1 amide bonds. The lowest BCUT2D eigenvalue weighted by Crippen LogP contribution is -2.34. The van der Waals surface area contributed by atoms with E-state index in [0.29, 0.717) is 52.0 Å². The minimum atomic E-state index is -0.248. The van der Waals surface area contributed by atoms with Crippen molar-refractivity contribution in [1.29, 1.82) is 0 Å². The highest BCUT2D eigenvalue weighted by atomic mass is 35.5. The molecular weight excluding hydrogens is 465 g/mol. The Balaban J connectivity index is 1.66. The van der Waals surface area contributed by atoms with E-state index >= 15 is 0 Å². The zero-order valence-corrected chi connectivity index (χ0v) is 19.7. The summed E-state index contributed by atoms with van der Waals surface area (Å²) in [6, 6.07) is 11.0. The SMILES string of the molecule is COCCN1C(=O)[C@@H](Cc2ccc(OCc3ccc(Cl)c(Cl)c3)c(OC)c2)SC1=S. The first-order valence-corrected chi connectivity index (χ1v) is 11.2. The Hall–Kier alpha value is -1.51. The fourth-order valence-electron chi connectivity index (χ4n) is 2.98. The number of thiocarbonyl (C=S) groups is 1. The highest BCUT2D eigenvalue weighted by Gasteiger charge is 2.36. The van der Waals surface area contributed by atoms with Crippen molar-refractivity contribution in [2.75, 3.05) is 27.4 Å². The van der Waals surface area contributed by atoms with E-state index in [-0.39, 0.29) is 11.2 Å². The topological polar surface area (TPSA) is 48.0 Å². The Morgan fingerprint density at radius 1 is 1.07 bits per heavy atom. The number of methoxy groups -OCH3 is 2. The third kappa shape index (κ3) is 5.59. The number of rotatable bonds is 9. The molecule has 5 nitrogen and oxygen atoms in total. The van der Waals surface area contributed by atoms with E-state index in [9.17, 15) is 4.79 Å². The highest BCUT2D eigenvalue weighted by molar-refractivity contribution is 8.24. The molecule has 1 atom stereocenters. The Morgan fingerprint density at radius 3 is 2.53 bits per heavy atom. The van der Waals surface area contributed by atoms with Crippen molar-refractivity contribution in [2.45, 2.75) is 18.3 Å². The number of amides is 1. The van der Waals surface area contributed by atoms with Crippen molar-refractivity contribution in [1.82, 2.24) is 4.90 Å². The Kier molecular flexibility index (Phi) is 8.25. The van der Waals surface area contributed by atoms with Crippen molar-refractivity contribution in [3.8, 4) is 11.5 Å². The van der Waals surface area contributed by atoms with E-state index in [1.165, 1.54) is 11.8 Å². The van der Waals surface area contributed by atoms with Gasteiger partial charge in [0.15, 0.2) is 11.5 Å². The second kappa shape index (κ2) is 10.7. The van der Waals surface area contributed by atoms with Crippen LogP contribution in [0.25, 0.3) is 0 Å². The number of carbonyl (C=O) groups is 1. The van der Waals surface area contributed by atoms with E-state index in [0.717, 1.165) is 11.1 Å². The van der Waals surface area contributed by atoms with Gasteiger partial charge in [-0.3, -0.25) is 9.69 Å². The Bertz CT molecular complexity index is 941.